The van der Waals surface area contributed by atoms with Gasteiger partial charge in [0, 0.05) is 56.0 Å². The Morgan fingerprint density at radius 1 is 0.882 bits per heavy atom. The fourth-order valence-electron chi connectivity index (χ4n) is 4.26. The second-order valence-electron chi connectivity index (χ2n) is 8.20. The van der Waals surface area contributed by atoms with E-state index in [1.165, 1.54) is 0 Å². The van der Waals surface area contributed by atoms with Crippen LogP contribution >= 0.6 is 0 Å². The first-order valence-electron chi connectivity index (χ1n) is 11.3. The van der Waals surface area contributed by atoms with Crippen LogP contribution in [0.1, 0.15) is 22.3 Å². The van der Waals surface area contributed by atoms with Crippen molar-refractivity contribution in [2.75, 3.05) is 31.1 Å². The Kier molecular flexibility index (Phi) is 6.04. The van der Waals surface area contributed by atoms with Crippen molar-refractivity contribution < 1.29 is 4.79 Å². The molecule has 2 aromatic carbocycles. The predicted molar refractivity (Wildman–Crippen MR) is 131 cm³/mol. The highest BCUT2D eigenvalue weighted by Gasteiger charge is 2.25. The maximum Gasteiger partial charge on any atom is 0.257 e. The lowest BCUT2D eigenvalue weighted by molar-refractivity contribution is 0.0768. The molecule has 1 saturated heterocycles. The van der Waals surface area contributed by atoms with Crippen LogP contribution in [0, 0.1) is 11.3 Å². The molecule has 1 amide bonds. The highest BCUT2D eigenvalue weighted by atomic mass is 16.2. The molecule has 0 aliphatic carbocycles. The number of pyridine rings is 1. The third-order valence-corrected chi connectivity index (χ3v) is 6.05. The van der Waals surface area contributed by atoms with Gasteiger partial charge < -0.3 is 9.80 Å². The van der Waals surface area contributed by atoms with Crippen molar-refractivity contribution in [2.24, 2.45) is 0 Å². The van der Waals surface area contributed by atoms with Gasteiger partial charge >= 0.3 is 0 Å². The number of carbonyl (C=O) groups excluding carboxylic acids is 1. The van der Waals surface area contributed by atoms with Gasteiger partial charge in [-0.3, -0.25) is 9.78 Å². The smallest absolute Gasteiger partial charge is 0.257 e. The number of para-hydroxylation sites is 1. The molecular weight excluding hydrogens is 424 g/mol. The first-order chi connectivity index (χ1) is 16.7. The molecular formula is C27H24N6O. The van der Waals surface area contributed by atoms with Crippen LogP contribution in [0.2, 0.25) is 0 Å². The predicted octanol–water partition coefficient (Wildman–Crippen LogP) is 4.16. The lowest BCUT2D eigenvalue weighted by Crippen LogP contribution is -2.35. The molecule has 0 bridgehead atoms. The van der Waals surface area contributed by atoms with E-state index in [2.05, 4.69) is 16.0 Å². The molecule has 0 radical (unpaired) electrons. The minimum atomic E-state index is -0.0253. The Morgan fingerprint density at radius 2 is 1.71 bits per heavy atom. The van der Waals surface area contributed by atoms with Crippen molar-refractivity contribution in [2.45, 2.75) is 6.42 Å². The van der Waals surface area contributed by atoms with Gasteiger partial charge in [-0.2, -0.15) is 10.4 Å². The number of nitriles is 1. The average molecular weight is 449 g/mol. The van der Waals surface area contributed by atoms with Gasteiger partial charge in [0.2, 0.25) is 0 Å². The van der Waals surface area contributed by atoms with Gasteiger partial charge in [0.1, 0.15) is 5.69 Å². The zero-order valence-electron chi connectivity index (χ0n) is 18.7. The summed E-state index contributed by atoms with van der Waals surface area (Å²) in [5, 5.41) is 13.8. The van der Waals surface area contributed by atoms with Gasteiger partial charge in [-0.1, -0.05) is 18.2 Å². The second kappa shape index (κ2) is 9.59. The van der Waals surface area contributed by atoms with Crippen LogP contribution in [-0.4, -0.2) is 51.8 Å². The van der Waals surface area contributed by atoms with Gasteiger partial charge in [-0.05, 0) is 55.0 Å². The van der Waals surface area contributed by atoms with Crippen molar-refractivity contribution in [3.63, 3.8) is 0 Å². The zero-order chi connectivity index (χ0) is 23.3. The number of aromatic nitrogens is 3. The number of carbonyl (C=O) groups is 1. The normalized spacial score (nSPS) is 13.9. The van der Waals surface area contributed by atoms with E-state index in [9.17, 15) is 4.79 Å². The summed E-state index contributed by atoms with van der Waals surface area (Å²) in [6.07, 6.45) is 6.14. The molecule has 0 unspecified atom stereocenters. The average Bonchev–Trinajstić information content (AvgIpc) is 3.21. The fraction of sp³-hybridized carbons (Fsp3) is 0.185. The van der Waals surface area contributed by atoms with Crippen LogP contribution in [-0.2, 0) is 0 Å². The molecule has 0 saturated carbocycles. The second-order valence-corrected chi connectivity index (χ2v) is 8.20. The largest absolute Gasteiger partial charge is 0.370 e. The number of rotatable bonds is 4. The Hall–Kier alpha value is -4.44. The van der Waals surface area contributed by atoms with Gasteiger partial charge in [-0.25, -0.2) is 4.68 Å². The molecule has 0 N–H and O–H groups in total. The monoisotopic (exact) mass is 448 g/mol. The minimum absolute atomic E-state index is 0.0253. The van der Waals surface area contributed by atoms with Crippen molar-refractivity contribution in [3.05, 3.63) is 96.4 Å². The van der Waals surface area contributed by atoms with E-state index in [0.29, 0.717) is 29.9 Å². The van der Waals surface area contributed by atoms with E-state index in [0.717, 1.165) is 36.4 Å². The molecule has 1 aliphatic rings. The maximum absolute atomic E-state index is 13.7. The fourth-order valence-corrected chi connectivity index (χ4v) is 4.26. The highest BCUT2D eigenvalue weighted by Crippen LogP contribution is 2.25. The summed E-state index contributed by atoms with van der Waals surface area (Å²) < 4.78 is 1.76. The molecule has 1 fully saturated rings. The molecule has 2 aromatic heterocycles. The van der Waals surface area contributed by atoms with E-state index >= 15 is 0 Å². The van der Waals surface area contributed by atoms with E-state index in [-0.39, 0.29) is 5.91 Å². The lowest BCUT2D eigenvalue weighted by Gasteiger charge is -2.23. The first kappa shape index (κ1) is 21.4. The Balaban J connectivity index is 1.41. The summed E-state index contributed by atoms with van der Waals surface area (Å²) >= 11 is 0. The van der Waals surface area contributed by atoms with Crippen LogP contribution in [0.15, 0.2) is 85.3 Å². The van der Waals surface area contributed by atoms with Gasteiger partial charge in [-0.15, -0.1) is 0 Å². The zero-order valence-corrected chi connectivity index (χ0v) is 18.7. The molecule has 7 nitrogen and oxygen atoms in total. The summed E-state index contributed by atoms with van der Waals surface area (Å²) in [5.74, 6) is -0.0253. The van der Waals surface area contributed by atoms with Gasteiger partial charge in [0.15, 0.2) is 0 Å². The molecule has 1 aliphatic heterocycles. The Bertz CT molecular complexity index is 1310. The summed E-state index contributed by atoms with van der Waals surface area (Å²) in [6.45, 7) is 2.87. The number of anilines is 1. The number of amides is 1. The van der Waals surface area contributed by atoms with Gasteiger partial charge in [0.25, 0.3) is 5.91 Å². The van der Waals surface area contributed by atoms with Crippen LogP contribution in [0.5, 0.6) is 0 Å². The summed E-state index contributed by atoms with van der Waals surface area (Å²) in [6, 6.07) is 23.4. The van der Waals surface area contributed by atoms with Crippen molar-refractivity contribution >= 4 is 11.6 Å². The van der Waals surface area contributed by atoms with Gasteiger partial charge in [0.05, 0.1) is 22.9 Å². The van der Waals surface area contributed by atoms with E-state index in [4.69, 9.17) is 10.4 Å². The summed E-state index contributed by atoms with van der Waals surface area (Å²) in [5.41, 5.74) is 4.64. The highest BCUT2D eigenvalue weighted by molar-refractivity contribution is 6.00. The van der Waals surface area contributed by atoms with E-state index in [1.54, 1.807) is 17.1 Å². The Labute approximate surface area is 198 Å². The number of benzene rings is 2. The lowest BCUT2D eigenvalue weighted by atomic mass is 10.1. The van der Waals surface area contributed by atoms with Crippen molar-refractivity contribution in [1.29, 1.82) is 5.26 Å². The van der Waals surface area contributed by atoms with Crippen molar-refractivity contribution in [3.8, 4) is 23.0 Å². The Morgan fingerprint density at radius 3 is 2.44 bits per heavy atom. The summed E-state index contributed by atoms with van der Waals surface area (Å²) in [7, 11) is 0. The molecule has 168 valence electrons. The van der Waals surface area contributed by atoms with Crippen LogP contribution < -0.4 is 4.90 Å². The quantitative estimate of drug-likeness (QED) is 0.469. The number of hydrogen-bond donors (Lipinski definition) is 0. The SMILES string of the molecule is N#Cc1ccc(N2CCCN(C(=O)c3cn(-c4ccccc4)nc3-c3cccnc3)CC2)cc1. The summed E-state index contributed by atoms with van der Waals surface area (Å²) in [4.78, 5) is 22.1. The third-order valence-electron chi connectivity index (χ3n) is 6.05. The maximum atomic E-state index is 13.7. The molecule has 0 spiro atoms. The van der Waals surface area contributed by atoms with Crippen LogP contribution in [0.4, 0.5) is 5.69 Å². The molecule has 34 heavy (non-hydrogen) atoms. The number of hydrogen-bond acceptors (Lipinski definition) is 5. The van der Waals surface area contributed by atoms with Crippen molar-refractivity contribution in [1.82, 2.24) is 19.7 Å². The standard InChI is InChI=1S/C27H24N6O/c28-18-21-9-11-23(12-10-21)31-14-5-15-32(17-16-31)27(34)25-20-33(24-7-2-1-3-8-24)30-26(25)22-6-4-13-29-19-22/h1-4,6-13,19-20H,5,14-17H2. The molecule has 4 aromatic rings. The molecule has 0 atom stereocenters. The molecule has 3 heterocycles. The van der Waals surface area contributed by atoms with Crippen LogP contribution in [0.25, 0.3) is 16.9 Å². The molecule has 7 heteroatoms. The third kappa shape index (κ3) is 4.39. The van der Waals surface area contributed by atoms with Crippen LogP contribution in [0.3, 0.4) is 0 Å². The first-order valence-corrected chi connectivity index (χ1v) is 11.3. The molecule has 5 rings (SSSR count). The van der Waals surface area contributed by atoms with E-state index in [1.807, 2.05) is 77.8 Å². The minimum Gasteiger partial charge on any atom is -0.370 e. The topological polar surface area (TPSA) is 78.0 Å². The van der Waals surface area contributed by atoms with E-state index < -0.39 is 0 Å². The number of nitrogens with zero attached hydrogens (tertiary/aromatic N) is 6.